The number of nitrogens with one attached hydrogen (secondary N) is 4. The van der Waals surface area contributed by atoms with Crippen LogP contribution in [-0.4, -0.2) is 249 Å². The molecule has 4 aliphatic heterocycles. The molecule has 4 saturated heterocycles. The van der Waals surface area contributed by atoms with Crippen LogP contribution in [0.3, 0.4) is 0 Å². The Morgan fingerprint density at radius 2 is 0.565 bits per heavy atom. The number of hydrogen-bond donors (Lipinski definition) is 11. The van der Waals surface area contributed by atoms with E-state index in [4.69, 9.17) is 25.7 Å². The van der Waals surface area contributed by atoms with E-state index < -0.39 is 69.4 Å². The Labute approximate surface area is 778 Å². The van der Waals surface area contributed by atoms with E-state index in [0.717, 1.165) is 16.8 Å². The van der Waals surface area contributed by atoms with E-state index in [9.17, 15) is 88.2 Å². The van der Waals surface area contributed by atoms with Gasteiger partial charge in [-0.25, -0.2) is 44.1 Å². The second kappa shape index (κ2) is 39.5. The zero-order valence-electron chi connectivity index (χ0n) is 75.3. The van der Waals surface area contributed by atoms with Gasteiger partial charge in [-0.2, -0.15) is 0 Å². The lowest BCUT2D eigenvalue weighted by atomic mass is 10.0. The van der Waals surface area contributed by atoms with Crippen molar-refractivity contribution < 1.29 is 49.8 Å². The molecule has 16 aromatic rings. The predicted molar refractivity (Wildman–Crippen MR) is 508 cm³/mol. The van der Waals surface area contributed by atoms with Gasteiger partial charge in [0, 0.05) is 154 Å². The number of aromatic amines is 4. The van der Waals surface area contributed by atoms with Crippen LogP contribution in [0, 0.1) is 6.92 Å². The average molecular weight is 1870 g/mol. The molecular formula is C95H95N25O18. The first-order chi connectivity index (χ1) is 66.4. The molecule has 4 fully saturated rings. The highest BCUT2D eigenvalue weighted by atomic mass is 16.3. The summed E-state index contributed by atoms with van der Waals surface area (Å²) in [5.74, 6) is -0.967. The number of H-pyrrole nitrogens is 4. The number of rotatable bonds is 14. The van der Waals surface area contributed by atoms with Crippen molar-refractivity contribution in [1.29, 1.82) is 0 Å². The first-order valence-corrected chi connectivity index (χ1v) is 44.8. The van der Waals surface area contributed by atoms with Gasteiger partial charge in [-0.3, -0.25) is 111 Å². The number of carbonyl (C=O) groups is 4. The molecule has 0 aromatic carbocycles. The van der Waals surface area contributed by atoms with Gasteiger partial charge in [0.05, 0.1) is 113 Å². The Morgan fingerprint density at radius 1 is 0.326 bits per heavy atom. The van der Waals surface area contributed by atoms with Crippen molar-refractivity contribution in [3.63, 3.8) is 0 Å². The Hall–Kier alpha value is -16.0. The van der Waals surface area contributed by atoms with Gasteiger partial charge in [0.25, 0.3) is 45.9 Å². The third-order valence-electron chi connectivity index (χ3n) is 25.3. The first-order valence-electron chi connectivity index (χ1n) is 44.8. The lowest BCUT2D eigenvalue weighted by molar-refractivity contribution is -0.141. The number of fused-ring (bicyclic) bond motifs is 12. The summed E-state index contributed by atoms with van der Waals surface area (Å²) in [6.07, 6.45) is 12.0. The number of nitrogen functional groups attached to an aromatic ring is 1. The summed E-state index contributed by atoms with van der Waals surface area (Å²) in [6.45, 7) is 10.4. The number of aryl methyl sites for hydroxylation is 1. The molecule has 16 aromatic heterocycles. The Bertz CT molecular complexity index is 7500. The molecule has 708 valence electrons. The molecule has 0 aliphatic carbocycles. The minimum atomic E-state index is -1.08. The Kier molecular flexibility index (Phi) is 26.9. The maximum atomic E-state index is 13.1. The standard InChI is InChI=1S/2C24H24N6O5.C24H24N6O4.C23H23N7O4/c2*1-13(32)23(34)29-8-6-16(7-9-29)30-21-17(22(33)28-24(30)35)11-26-19-5-4-18(27-20(19)21)14-2-3-15(12-31)25-10-14;1-13-3-4-15(11-25-13)18-5-6-19-20(27-18)21-17(12-26-19)22(32)28-24(34)30(21)16-7-9-29(10-8-16)23(33)14(2)31;1-12(31)22(33)29-8-6-14(7-9-29)30-20-15(21(32)28-23(30)34)11-25-17-4-3-16(27-19(17)20)13-2-5-18(24)26-10-13/h2*2-5,10-11,13,16,31-32H,6-9,12H2,1H3,(H,28,33,35);3-6,11-12,14,16,31H,7-10H2,1-2H3,(H,28,32,34);2-5,10-12,14,31H,6-9H2,1H3,(H2,24,26)(H,28,32,34)/t2*13-;14-;12-/m1111/s1. The number of carbonyl (C=O) groups excluding carboxylic acids is 4. The van der Waals surface area contributed by atoms with Crippen LogP contribution in [-0.2, 0) is 32.4 Å². The normalized spacial score (nSPS) is 15.6. The van der Waals surface area contributed by atoms with Crippen LogP contribution in [0.1, 0.15) is 120 Å². The molecule has 0 bridgehead atoms. The third-order valence-corrected chi connectivity index (χ3v) is 25.3. The van der Waals surface area contributed by atoms with Crippen molar-refractivity contribution in [2.45, 2.75) is 148 Å². The highest BCUT2D eigenvalue weighted by molar-refractivity contribution is 6.04. The number of piperidine rings is 4. The van der Waals surface area contributed by atoms with Gasteiger partial charge in [0.15, 0.2) is 0 Å². The van der Waals surface area contributed by atoms with E-state index in [1.54, 1.807) is 135 Å². The van der Waals surface area contributed by atoms with Crippen molar-refractivity contribution >= 4 is 117 Å². The quantitative estimate of drug-likeness (QED) is 0.0689. The molecule has 0 spiro atoms. The monoisotopic (exact) mass is 1870 g/mol. The van der Waals surface area contributed by atoms with Gasteiger partial charge in [-0.1, -0.05) is 0 Å². The fourth-order valence-electron chi connectivity index (χ4n) is 18.1. The number of nitrogens with zero attached hydrogens (tertiary/aromatic N) is 20. The van der Waals surface area contributed by atoms with Gasteiger partial charge < -0.3 is 56.0 Å². The van der Waals surface area contributed by atoms with Crippen molar-refractivity contribution in [3.05, 3.63) is 247 Å². The molecule has 43 heteroatoms. The molecule has 4 amide bonds. The summed E-state index contributed by atoms with van der Waals surface area (Å²) < 4.78 is 6.24. The number of hydrogen-bond acceptors (Lipinski definition) is 31. The Balaban J connectivity index is 0.000000127. The van der Waals surface area contributed by atoms with Gasteiger partial charge >= 0.3 is 22.8 Å². The van der Waals surface area contributed by atoms with Crippen molar-refractivity contribution in [2.24, 2.45) is 0 Å². The maximum absolute atomic E-state index is 13.1. The smallest absolute Gasteiger partial charge is 0.329 e. The summed E-state index contributed by atoms with van der Waals surface area (Å²) in [6, 6.07) is 27.6. The van der Waals surface area contributed by atoms with Gasteiger partial charge in [-0.15, -0.1) is 0 Å². The van der Waals surface area contributed by atoms with Crippen molar-refractivity contribution in [1.82, 2.24) is 118 Å². The number of aliphatic hydroxyl groups is 6. The van der Waals surface area contributed by atoms with Crippen LogP contribution in [0.15, 0.2) is 185 Å². The molecular weight excluding hydrogens is 1780 g/mol. The second-order valence-corrected chi connectivity index (χ2v) is 34.3. The molecule has 43 nitrogen and oxygen atoms in total. The predicted octanol–water partition coefficient (Wildman–Crippen LogP) is 3.83. The van der Waals surface area contributed by atoms with Crippen LogP contribution >= 0.6 is 0 Å². The van der Waals surface area contributed by atoms with Crippen molar-refractivity contribution in [3.8, 4) is 45.0 Å². The highest BCUT2D eigenvalue weighted by Crippen LogP contribution is 2.36. The second-order valence-electron chi connectivity index (χ2n) is 34.3. The number of pyridine rings is 12. The summed E-state index contributed by atoms with van der Waals surface area (Å²) in [7, 11) is 0. The third kappa shape index (κ3) is 18.9. The maximum Gasteiger partial charge on any atom is 0.329 e. The SMILES string of the molecule is C[C@@H](O)C(=O)N1CCC(n2c(=O)[nH]c(=O)c3cnc4ccc(-c5ccc(CO)nc5)nc4c32)CC1.C[C@@H](O)C(=O)N1CCC(n2c(=O)[nH]c(=O)c3cnc4ccc(-c5ccc(CO)nc5)nc4c32)CC1.C[C@@H](O)C(=O)N1CCC(n2c(=O)[nH]c(=O)c3cnc4ccc(-c5ccc(N)nc5)nc4c32)CC1.Cc1ccc(-c2ccc3ncc4c(=O)[nH]c(=O)n(C5CCN(C(=O)[C@@H](C)O)CC5)c4c3n2)cn1. The number of nitrogens with two attached hydrogens (primary N) is 1. The molecule has 12 N–H and O–H groups in total. The number of amides is 4. The van der Waals surface area contributed by atoms with Gasteiger partial charge in [-0.05, 0) is 183 Å². The van der Waals surface area contributed by atoms with E-state index in [1.165, 1.54) is 52.5 Å². The summed E-state index contributed by atoms with van der Waals surface area (Å²) >= 11 is 0. The molecule has 20 rings (SSSR count). The zero-order valence-corrected chi connectivity index (χ0v) is 75.3. The molecule has 4 aliphatic rings. The van der Waals surface area contributed by atoms with Crippen LogP contribution in [0.5, 0.6) is 0 Å². The average Bonchev–Trinajstić information content (AvgIpc) is 0.753. The van der Waals surface area contributed by atoms with Crippen LogP contribution < -0.4 is 50.7 Å². The minimum Gasteiger partial charge on any atom is -0.390 e. The number of anilines is 1. The number of likely N-dealkylation sites (tertiary alicyclic amines) is 4. The fraction of sp³-hybridized carbons (Fsp3) is 0.326. The molecule has 4 atom stereocenters. The van der Waals surface area contributed by atoms with E-state index in [2.05, 4.69) is 59.8 Å². The van der Waals surface area contributed by atoms with Crippen LogP contribution in [0.2, 0.25) is 0 Å². The summed E-state index contributed by atoms with van der Waals surface area (Å²) in [4.78, 5) is 221. The molecule has 0 unspecified atom stereocenters. The lowest BCUT2D eigenvalue weighted by Gasteiger charge is -2.34. The molecule has 20 heterocycles. The van der Waals surface area contributed by atoms with Crippen LogP contribution in [0.4, 0.5) is 5.82 Å². The van der Waals surface area contributed by atoms with E-state index in [0.29, 0.717) is 221 Å². The largest absolute Gasteiger partial charge is 0.390 e. The van der Waals surface area contributed by atoms with E-state index in [1.807, 2.05) is 31.2 Å². The van der Waals surface area contributed by atoms with Gasteiger partial charge in [0.2, 0.25) is 0 Å². The fourth-order valence-corrected chi connectivity index (χ4v) is 18.1. The summed E-state index contributed by atoms with van der Waals surface area (Å²) in [5, 5.41) is 58.0. The molecule has 0 radical (unpaired) electrons. The first kappa shape index (κ1) is 93.8. The van der Waals surface area contributed by atoms with Crippen LogP contribution in [0.25, 0.3) is 133 Å². The topological polar surface area (TPSA) is 603 Å². The number of aromatic nitrogens is 20. The van der Waals surface area contributed by atoms with Crippen molar-refractivity contribution in [2.75, 3.05) is 58.1 Å². The Morgan fingerprint density at radius 3 is 0.775 bits per heavy atom. The van der Waals surface area contributed by atoms with Gasteiger partial charge in [0.1, 0.15) is 52.3 Å². The molecule has 0 saturated carbocycles. The zero-order chi connectivity index (χ0) is 97.3. The lowest BCUT2D eigenvalue weighted by Crippen LogP contribution is -2.45. The minimum absolute atomic E-state index is 0.170. The molecule has 138 heavy (non-hydrogen) atoms. The highest BCUT2D eigenvalue weighted by Gasteiger charge is 2.35. The number of aliphatic hydroxyl groups excluding tert-OH is 6. The summed E-state index contributed by atoms with van der Waals surface area (Å²) in [5.41, 5.74) is 14.3. The van der Waals surface area contributed by atoms with E-state index in [-0.39, 0.29) is 82.6 Å². The van der Waals surface area contributed by atoms with E-state index >= 15 is 0 Å².